The lowest BCUT2D eigenvalue weighted by Gasteiger charge is -2.19. The van der Waals surface area contributed by atoms with Crippen LogP contribution in [-0.4, -0.2) is 24.4 Å². The molecule has 0 aliphatic carbocycles. The zero-order valence-corrected chi connectivity index (χ0v) is 12.5. The molecular weight excluding hydrogens is 262 g/mol. The molecule has 106 valence electrons. The van der Waals surface area contributed by atoms with Crippen molar-refractivity contribution in [3.05, 3.63) is 29.8 Å². The van der Waals surface area contributed by atoms with E-state index >= 15 is 0 Å². The highest BCUT2D eigenvalue weighted by Gasteiger charge is 2.16. The van der Waals surface area contributed by atoms with Gasteiger partial charge in [-0.05, 0) is 30.5 Å². The minimum absolute atomic E-state index is 0.0191. The van der Waals surface area contributed by atoms with Crippen LogP contribution in [0.15, 0.2) is 24.3 Å². The van der Waals surface area contributed by atoms with Gasteiger partial charge in [-0.3, -0.25) is 4.79 Å². The van der Waals surface area contributed by atoms with Gasteiger partial charge in [0.05, 0.1) is 6.61 Å². The second-order valence-electron chi connectivity index (χ2n) is 4.85. The van der Waals surface area contributed by atoms with E-state index in [1.54, 1.807) is 12.1 Å². The van der Waals surface area contributed by atoms with Crippen LogP contribution in [0.1, 0.15) is 37.6 Å². The standard InChI is InChI=1S/C15H22ClNO2/c1-4-8-19-13-7-5-6-12(9-13)15(18)17-14(10-16)11(2)3/h5-7,9,11,14H,4,8,10H2,1-3H3,(H,17,18). The molecule has 0 fully saturated rings. The third-order valence-corrected chi connectivity index (χ3v) is 3.19. The number of hydrogen-bond donors (Lipinski definition) is 1. The van der Waals surface area contributed by atoms with Crippen LogP contribution >= 0.6 is 11.6 Å². The van der Waals surface area contributed by atoms with Crippen LogP contribution in [0.2, 0.25) is 0 Å². The quantitative estimate of drug-likeness (QED) is 0.778. The van der Waals surface area contributed by atoms with Gasteiger partial charge in [0.15, 0.2) is 0 Å². The van der Waals surface area contributed by atoms with Gasteiger partial charge in [0.25, 0.3) is 5.91 Å². The lowest BCUT2D eigenvalue weighted by Crippen LogP contribution is -2.39. The fourth-order valence-electron chi connectivity index (χ4n) is 1.58. The summed E-state index contributed by atoms with van der Waals surface area (Å²) in [6.07, 6.45) is 0.943. The van der Waals surface area contributed by atoms with Crippen LogP contribution in [-0.2, 0) is 0 Å². The third-order valence-electron chi connectivity index (χ3n) is 2.86. The number of nitrogens with one attached hydrogen (secondary N) is 1. The molecule has 1 N–H and O–H groups in total. The van der Waals surface area contributed by atoms with E-state index in [4.69, 9.17) is 16.3 Å². The average Bonchev–Trinajstić information content (AvgIpc) is 2.42. The zero-order valence-electron chi connectivity index (χ0n) is 11.8. The van der Waals surface area contributed by atoms with Gasteiger partial charge in [-0.25, -0.2) is 0 Å². The van der Waals surface area contributed by atoms with E-state index in [1.807, 2.05) is 32.9 Å². The van der Waals surface area contributed by atoms with Gasteiger partial charge in [0.2, 0.25) is 0 Å². The Morgan fingerprint density at radius 3 is 2.74 bits per heavy atom. The Hall–Kier alpha value is -1.22. The topological polar surface area (TPSA) is 38.3 Å². The van der Waals surface area contributed by atoms with Gasteiger partial charge in [-0.1, -0.05) is 26.8 Å². The Morgan fingerprint density at radius 2 is 2.16 bits per heavy atom. The van der Waals surface area contributed by atoms with E-state index in [2.05, 4.69) is 5.32 Å². The molecule has 0 aliphatic rings. The fraction of sp³-hybridized carbons (Fsp3) is 0.533. The summed E-state index contributed by atoms with van der Waals surface area (Å²) >= 11 is 5.85. The Bertz CT molecular complexity index is 407. The number of carbonyl (C=O) groups is 1. The molecule has 0 heterocycles. The highest BCUT2D eigenvalue weighted by molar-refractivity contribution is 6.18. The van der Waals surface area contributed by atoms with E-state index in [-0.39, 0.29) is 11.9 Å². The monoisotopic (exact) mass is 283 g/mol. The summed E-state index contributed by atoms with van der Waals surface area (Å²) in [6.45, 7) is 6.77. The largest absolute Gasteiger partial charge is 0.494 e. The second-order valence-corrected chi connectivity index (χ2v) is 5.16. The number of hydrogen-bond acceptors (Lipinski definition) is 2. The van der Waals surface area contributed by atoms with Crippen LogP contribution in [0.5, 0.6) is 5.75 Å². The van der Waals surface area contributed by atoms with Gasteiger partial charge < -0.3 is 10.1 Å². The number of alkyl halides is 1. The number of carbonyl (C=O) groups excluding carboxylic acids is 1. The molecule has 4 heteroatoms. The van der Waals surface area contributed by atoms with Gasteiger partial charge in [0.1, 0.15) is 5.75 Å². The first-order valence-electron chi connectivity index (χ1n) is 6.68. The van der Waals surface area contributed by atoms with Crippen molar-refractivity contribution < 1.29 is 9.53 Å². The molecule has 0 radical (unpaired) electrons. The van der Waals surface area contributed by atoms with Crippen LogP contribution in [0.3, 0.4) is 0 Å². The maximum Gasteiger partial charge on any atom is 0.251 e. The number of benzene rings is 1. The van der Waals surface area contributed by atoms with Crippen molar-refractivity contribution in [2.45, 2.75) is 33.2 Å². The van der Waals surface area contributed by atoms with Crippen molar-refractivity contribution >= 4 is 17.5 Å². The van der Waals surface area contributed by atoms with Crippen molar-refractivity contribution in [1.82, 2.24) is 5.32 Å². The minimum atomic E-state index is -0.110. The first-order chi connectivity index (χ1) is 9.08. The zero-order chi connectivity index (χ0) is 14.3. The smallest absolute Gasteiger partial charge is 0.251 e. The van der Waals surface area contributed by atoms with E-state index in [0.717, 1.165) is 12.2 Å². The van der Waals surface area contributed by atoms with Gasteiger partial charge in [-0.2, -0.15) is 0 Å². The minimum Gasteiger partial charge on any atom is -0.494 e. The SMILES string of the molecule is CCCOc1cccc(C(=O)NC(CCl)C(C)C)c1. The predicted octanol–water partition coefficient (Wildman–Crippen LogP) is 3.47. The summed E-state index contributed by atoms with van der Waals surface area (Å²) in [5.74, 6) is 1.33. The summed E-state index contributed by atoms with van der Waals surface area (Å²) in [7, 11) is 0. The number of rotatable bonds is 7. The first-order valence-corrected chi connectivity index (χ1v) is 7.21. The molecule has 0 spiro atoms. The summed E-state index contributed by atoms with van der Waals surface area (Å²) < 4.78 is 5.52. The third kappa shape index (κ3) is 5.11. The molecule has 0 saturated heterocycles. The number of halogens is 1. The maximum absolute atomic E-state index is 12.1. The van der Waals surface area contributed by atoms with E-state index < -0.39 is 0 Å². The van der Waals surface area contributed by atoms with Crippen molar-refractivity contribution in [1.29, 1.82) is 0 Å². The Balaban J connectivity index is 2.70. The summed E-state index contributed by atoms with van der Waals surface area (Å²) in [5.41, 5.74) is 0.601. The summed E-state index contributed by atoms with van der Waals surface area (Å²) in [5, 5.41) is 2.94. The Morgan fingerprint density at radius 1 is 1.42 bits per heavy atom. The molecule has 0 aliphatic heterocycles. The lowest BCUT2D eigenvalue weighted by atomic mass is 10.1. The van der Waals surface area contributed by atoms with Crippen LogP contribution in [0, 0.1) is 5.92 Å². The summed E-state index contributed by atoms with van der Waals surface area (Å²) in [6, 6.07) is 7.20. The lowest BCUT2D eigenvalue weighted by molar-refractivity contribution is 0.0930. The maximum atomic E-state index is 12.1. The molecule has 0 saturated carbocycles. The molecule has 0 aromatic heterocycles. The van der Waals surface area contributed by atoms with Crippen molar-refractivity contribution in [3.8, 4) is 5.75 Å². The second kappa shape index (κ2) is 8.05. The molecule has 1 amide bonds. The van der Waals surface area contributed by atoms with Crippen LogP contribution in [0.4, 0.5) is 0 Å². The molecule has 0 bridgehead atoms. The van der Waals surface area contributed by atoms with Crippen LogP contribution < -0.4 is 10.1 Å². The molecule has 1 atom stereocenters. The van der Waals surface area contributed by atoms with Gasteiger partial charge >= 0.3 is 0 Å². The van der Waals surface area contributed by atoms with Crippen molar-refractivity contribution in [2.75, 3.05) is 12.5 Å². The molecule has 3 nitrogen and oxygen atoms in total. The number of ether oxygens (including phenoxy) is 1. The van der Waals surface area contributed by atoms with Gasteiger partial charge in [-0.15, -0.1) is 11.6 Å². The predicted molar refractivity (Wildman–Crippen MR) is 79.0 cm³/mol. The van der Waals surface area contributed by atoms with Gasteiger partial charge in [0, 0.05) is 17.5 Å². The fourth-order valence-corrected chi connectivity index (χ4v) is 2.02. The van der Waals surface area contributed by atoms with E-state index in [9.17, 15) is 4.79 Å². The van der Waals surface area contributed by atoms with Crippen molar-refractivity contribution in [3.63, 3.8) is 0 Å². The number of amides is 1. The van der Waals surface area contributed by atoms with E-state index in [1.165, 1.54) is 0 Å². The molecule has 1 aromatic carbocycles. The van der Waals surface area contributed by atoms with Crippen LogP contribution in [0.25, 0.3) is 0 Å². The highest BCUT2D eigenvalue weighted by atomic mass is 35.5. The Labute approximate surface area is 120 Å². The Kier molecular flexibility index (Phi) is 6.71. The molecule has 1 aromatic rings. The molecule has 1 unspecified atom stereocenters. The average molecular weight is 284 g/mol. The summed E-state index contributed by atoms with van der Waals surface area (Å²) in [4.78, 5) is 12.1. The van der Waals surface area contributed by atoms with E-state index in [0.29, 0.717) is 24.0 Å². The van der Waals surface area contributed by atoms with Crippen molar-refractivity contribution in [2.24, 2.45) is 5.92 Å². The molecular formula is C15H22ClNO2. The first kappa shape index (κ1) is 15.8. The highest BCUT2D eigenvalue weighted by Crippen LogP contribution is 2.14. The molecule has 19 heavy (non-hydrogen) atoms. The molecule has 1 rings (SSSR count). The normalized spacial score (nSPS) is 12.3.